The highest BCUT2D eigenvalue weighted by atomic mass is 16.3. The summed E-state index contributed by atoms with van der Waals surface area (Å²) in [5.74, 6) is 0. The predicted octanol–water partition coefficient (Wildman–Crippen LogP) is 2.11. The third-order valence-electron chi connectivity index (χ3n) is 3.29. The molecule has 3 heteroatoms. The Labute approximate surface area is 121 Å². The van der Waals surface area contributed by atoms with Gasteiger partial charge in [-0.2, -0.15) is 0 Å². The van der Waals surface area contributed by atoms with Crippen molar-refractivity contribution >= 4 is 11.4 Å². The van der Waals surface area contributed by atoms with Crippen LogP contribution in [0, 0.1) is 6.10 Å². The van der Waals surface area contributed by atoms with Gasteiger partial charge in [0.05, 0.1) is 0 Å². The van der Waals surface area contributed by atoms with Gasteiger partial charge >= 0.3 is 0 Å². The van der Waals surface area contributed by atoms with Gasteiger partial charge < -0.3 is 14.9 Å². The van der Waals surface area contributed by atoms with Crippen molar-refractivity contribution in [1.29, 1.82) is 0 Å². The van der Waals surface area contributed by atoms with E-state index in [-0.39, 0.29) is 6.10 Å². The van der Waals surface area contributed by atoms with Crippen molar-refractivity contribution in [3.05, 3.63) is 65.8 Å². The van der Waals surface area contributed by atoms with Crippen molar-refractivity contribution < 1.29 is 5.11 Å². The zero-order chi connectivity index (χ0) is 14.7. The fourth-order valence-corrected chi connectivity index (χ4v) is 1.99. The predicted molar refractivity (Wildman–Crippen MR) is 83.0 cm³/mol. The number of anilines is 2. The lowest BCUT2D eigenvalue weighted by Crippen LogP contribution is -2.18. The average Bonchev–Trinajstić information content (AvgIpc) is 2.46. The molecule has 3 nitrogen and oxygen atoms in total. The summed E-state index contributed by atoms with van der Waals surface area (Å²) >= 11 is 0. The maximum Gasteiger partial charge on any atom is 0.0361 e. The number of nitrogens with zero attached hydrogens (tertiary/aromatic N) is 2. The molecular weight excluding hydrogens is 248 g/mol. The molecule has 0 saturated heterocycles. The van der Waals surface area contributed by atoms with Gasteiger partial charge in [0.25, 0.3) is 0 Å². The maximum atomic E-state index is 12.4. The van der Waals surface area contributed by atoms with Gasteiger partial charge in [-0.25, -0.2) is 0 Å². The summed E-state index contributed by atoms with van der Waals surface area (Å²) in [4.78, 5) is 4.03. The standard InChI is InChI=1S/C17H20N2O/c1-18(2)15-9-5-13(6-10-15)17(20)14-7-11-16(12-8-14)19(3)4/h5-12H,1-4H3/q-1. The first-order valence-corrected chi connectivity index (χ1v) is 6.58. The van der Waals surface area contributed by atoms with Gasteiger partial charge in [-0.1, -0.05) is 41.5 Å². The highest BCUT2D eigenvalue weighted by Crippen LogP contribution is 2.22. The number of hydrogen-bond donors (Lipinski definition) is 0. The van der Waals surface area contributed by atoms with Crippen LogP contribution >= 0.6 is 0 Å². The Morgan fingerprint density at radius 3 is 1.20 bits per heavy atom. The molecule has 0 aliphatic carbocycles. The smallest absolute Gasteiger partial charge is 0.0361 e. The topological polar surface area (TPSA) is 29.5 Å². The van der Waals surface area contributed by atoms with Crippen molar-refractivity contribution in [1.82, 2.24) is 0 Å². The molecule has 0 bridgehead atoms. The second-order valence-corrected chi connectivity index (χ2v) is 5.21. The van der Waals surface area contributed by atoms with Crippen LogP contribution in [-0.4, -0.2) is 28.2 Å². The average molecular weight is 268 g/mol. The van der Waals surface area contributed by atoms with Crippen LogP contribution in [0.1, 0.15) is 11.1 Å². The van der Waals surface area contributed by atoms with Crippen molar-refractivity contribution in [2.75, 3.05) is 38.0 Å². The monoisotopic (exact) mass is 268 g/mol. The molecular formula is C17H20N2O-. The van der Waals surface area contributed by atoms with E-state index in [0.717, 1.165) is 11.4 Å². The minimum atomic E-state index is 0.0561. The Bertz CT molecular complexity index is 493. The van der Waals surface area contributed by atoms with E-state index in [1.165, 1.54) is 0 Å². The molecule has 0 atom stereocenters. The molecule has 20 heavy (non-hydrogen) atoms. The van der Waals surface area contributed by atoms with E-state index in [0.29, 0.717) is 11.1 Å². The summed E-state index contributed by atoms with van der Waals surface area (Å²) in [5.41, 5.74) is 3.61. The molecule has 0 spiro atoms. The zero-order valence-corrected chi connectivity index (χ0v) is 12.4. The molecule has 2 rings (SSSR count). The van der Waals surface area contributed by atoms with E-state index >= 15 is 0 Å². The molecule has 0 amide bonds. The van der Waals surface area contributed by atoms with E-state index in [1.54, 1.807) is 0 Å². The number of rotatable bonds is 4. The normalized spacial score (nSPS) is 10.7. The highest BCUT2D eigenvalue weighted by Gasteiger charge is 2.04. The SMILES string of the molecule is CN(C)c1ccc([C]([O-])c2ccc(N(C)C)cc2)cc1. The first-order chi connectivity index (χ1) is 9.49. The lowest BCUT2D eigenvalue weighted by molar-refractivity contribution is -0.333. The van der Waals surface area contributed by atoms with Crippen molar-refractivity contribution in [2.45, 2.75) is 0 Å². The molecule has 0 fully saturated rings. The van der Waals surface area contributed by atoms with E-state index in [4.69, 9.17) is 0 Å². The fraction of sp³-hybridized carbons (Fsp3) is 0.235. The minimum absolute atomic E-state index is 0.0561. The fourth-order valence-electron chi connectivity index (χ4n) is 1.99. The summed E-state index contributed by atoms with van der Waals surface area (Å²) in [7, 11) is 7.93. The lowest BCUT2D eigenvalue weighted by Gasteiger charge is -2.24. The summed E-state index contributed by atoms with van der Waals surface area (Å²) in [5, 5.41) is 12.4. The molecule has 0 heterocycles. The van der Waals surface area contributed by atoms with Gasteiger partial charge in [-0.3, -0.25) is 0 Å². The van der Waals surface area contributed by atoms with Crippen LogP contribution in [-0.2, 0) is 0 Å². The lowest BCUT2D eigenvalue weighted by atomic mass is 10.0. The third kappa shape index (κ3) is 3.11. The molecule has 105 valence electrons. The van der Waals surface area contributed by atoms with Gasteiger partial charge in [0.2, 0.25) is 0 Å². The third-order valence-corrected chi connectivity index (χ3v) is 3.29. The molecule has 1 radical (unpaired) electrons. The van der Waals surface area contributed by atoms with Gasteiger partial charge in [0, 0.05) is 39.6 Å². The maximum absolute atomic E-state index is 12.4. The summed E-state index contributed by atoms with van der Waals surface area (Å²) < 4.78 is 0. The quantitative estimate of drug-likeness (QED) is 0.850. The summed E-state index contributed by atoms with van der Waals surface area (Å²) in [6, 6.07) is 15.3. The van der Waals surface area contributed by atoms with Crippen molar-refractivity contribution in [2.24, 2.45) is 0 Å². The molecule has 2 aromatic carbocycles. The van der Waals surface area contributed by atoms with Crippen LogP contribution in [0.5, 0.6) is 0 Å². The molecule has 0 saturated carbocycles. The first kappa shape index (κ1) is 14.4. The van der Waals surface area contributed by atoms with Gasteiger partial charge in [0.15, 0.2) is 0 Å². The van der Waals surface area contributed by atoms with Gasteiger partial charge in [-0.15, -0.1) is 0 Å². The molecule has 0 aliphatic heterocycles. The van der Waals surface area contributed by atoms with Crippen molar-refractivity contribution in [3.8, 4) is 0 Å². The Kier molecular flexibility index (Phi) is 4.30. The second-order valence-electron chi connectivity index (χ2n) is 5.21. The van der Waals surface area contributed by atoms with Crippen molar-refractivity contribution in [3.63, 3.8) is 0 Å². The molecule has 0 N–H and O–H groups in total. The highest BCUT2D eigenvalue weighted by molar-refractivity contribution is 5.53. The van der Waals surface area contributed by atoms with Gasteiger partial charge in [-0.05, 0) is 24.3 Å². The van der Waals surface area contributed by atoms with Crippen LogP contribution in [0.4, 0.5) is 11.4 Å². The van der Waals surface area contributed by atoms with E-state index in [1.807, 2.05) is 86.5 Å². The first-order valence-electron chi connectivity index (χ1n) is 6.58. The molecule has 2 aromatic rings. The molecule has 0 aromatic heterocycles. The van der Waals surface area contributed by atoms with Crippen LogP contribution in [0.25, 0.3) is 0 Å². The number of benzene rings is 2. The minimum Gasteiger partial charge on any atom is -0.843 e. The van der Waals surface area contributed by atoms with E-state index in [2.05, 4.69) is 0 Å². The van der Waals surface area contributed by atoms with Crippen LogP contribution in [0.3, 0.4) is 0 Å². The molecule has 0 unspecified atom stereocenters. The molecule has 0 aliphatic rings. The zero-order valence-electron chi connectivity index (χ0n) is 12.4. The Morgan fingerprint density at radius 1 is 0.650 bits per heavy atom. The Hall–Kier alpha value is -2.00. The second kappa shape index (κ2) is 5.97. The van der Waals surface area contributed by atoms with Crippen LogP contribution < -0.4 is 14.9 Å². The Balaban J connectivity index is 2.19. The number of hydrogen-bond acceptors (Lipinski definition) is 3. The largest absolute Gasteiger partial charge is 0.843 e. The van der Waals surface area contributed by atoms with Gasteiger partial charge in [0.1, 0.15) is 0 Å². The summed E-state index contributed by atoms with van der Waals surface area (Å²) in [6.45, 7) is 0. The summed E-state index contributed by atoms with van der Waals surface area (Å²) in [6.07, 6.45) is 0.0561. The van der Waals surface area contributed by atoms with E-state index < -0.39 is 0 Å². The van der Waals surface area contributed by atoms with Crippen LogP contribution in [0.15, 0.2) is 48.5 Å². The van der Waals surface area contributed by atoms with Crippen LogP contribution in [0.2, 0.25) is 0 Å². The Morgan fingerprint density at radius 2 is 0.950 bits per heavy atom. The van der Waals surface area contributed by atoms with E-state index in [9.17, 15) is 5.11 Å².